The molecule has 0 saturated carbocycles. The van der Waals surface area contributed by atoms with Crippen LogP contribution in [0.1, 0.15) is 5.56 Å². The third-order valence-electron chi connectivity index (χ3n) is 3.20. The van der Waals surface area contributed by atoms with Gasteiger partial charge in [0.05, 0.1) is 11.6 Å². The second-order valence-corrected chi connectivity index (χ2v) is 6.23. The highest BCUT2D eigenvalue weighted by Gasteiger charge is 2.04. The SMILES string of the molecule is COc1ccc(NCc2csc3ccccc23)cc1Br. The van der Waals surface area contributed by atoms with Gasteiger partial charge < -0.3 is 10.1 Å². The summed E-state index contributed by atoms with van der Waals surface area (Å²) in [5.74, 6) is 0.844. The van der Waals surface area contributed by atoms with Crippen LogP contribution in [0.2, 0.25) is 0 Å². The molecule has 1 N–H and O–H groups in total. The Balaban J connectivity index is 1.78. The molecular formula is C16H14BrNOS. The molecule has 0 aliphatic carbocycles. The first-order chi connectivity index (χ1) is 9.78. The number of hydrogen-bond acceptors (Lipinski definition) is 3. The molecule has 0 spiro atoms. The van der Waals surface area contributed by atoms with Gasteiger partial charge >= 0.3 is 0 Å². The smallest absolute Gasteiger partial charge is 0.133 e. The molecule has 0 radical (unpaired) electrons. The summed E-state index contributed by atoms with van der Waals surface area (Å²) in [7, 11) is 1.67. The molecule has 3 rings (SSSR count). The van der Waals surface area contributed by atoms with Crippen LogP contribution in [0.15, 0.2) is 52.3 Å². The van der Waals surface area contributed by atoms with Crippen molar-refractivity contribution in [3.8, 4) is 5.75 Å². The lowest BCUT2D eigenvalue weighted by atomic mass is 10.2. The number of thiophene rings is 1. The second-order valence-electron chi connectivity index (χ2n) is 4.46. The van der Waals surface area contributed by atoms with E-state index in [1.807, 2.05) is 18.2 Å². The average Bonchev–Trinajstić information content (AvgIpc) is 2.88. The molecule has 0 saturated heterocycles. The molecule has 0 atom stereocenters. The lowest BCUT2D eigenvalue weighted by Crippen LogP contribution is -1.98. The molecule has 1 aromatic heterocycles. The Bertz CT molecular complexity index is 738. The lowest BCUT2D eigenvalue weighted by Gasteiger charge is -2.08. The highest BCUT2D eigenvalue weighted by molar-refractivity contribution is 9.10. The third kappa shape index (κ3) is 2.67. The first-order valence-electron chi connectivity index (χ1n) is 6.30. The number of methoxy groups -OCH3 is 1. The molecule has 20 heavy (non-hydrogen) atoms. The topological polar surface area (TPSA) is 21.3 Å². The van der Waals surface area contributed by atoms with E-state index < -0.39 is 0 Å². The van der Waals surface area contributed by atoms with Gasteiger partial charge in [0.15, 0.2) is 0 Å². The minimum absolute atomic E-state index is 0.822. The summed E-state index contributed by atoms with van der Waals surface area (Å²) in [4.78, 5) is 0. The van der Waals surface area contributed by atoms with Crippen molar-refractivity contribution < 1.29 is 4.74 Å². The standard InChI is InChI=1S/C16H14BrNOS/c1-19-15-7-6-12(8-14(15)17)18-9-11-10-20-16-5-3-2-4-13(11)16/h2-8,10,18H,9H2,1H3. The van der Waals surface area contributed by atoms with Crippen LogP contribution in [0.4, 0.5) is 5.69 Å². The maximum absolute atomic E-state index is 5.24. The summed E-state index contributed by atoms with van der Waals surface area (Å²) in [5.41, 5.74) is 2.41. The van der Waals surface area contributed by atoms with Crippen LogP contribution in [-0.2, 0) is 6.54 Å². The number of hydrogen-bond donors (Lipinski definition) is 1. The van der Waals surface area contributed by atoms with Gasteiger partial charge in [-0.05, 0) is 56.5 Å². The number of ether oxygens (including phenoxy) is 1. The van der Waals surface area contributed by atoms with Gasteiger partial charge in [0.25, 0.3) is 0 Å². The quantitative estimate of drug-likeness (QED) is 0.692. The van der Waals surface area contributed by atoms with E-state index in [0.717, 1.165) is 22.5 Å². The minimum atomic E-state index is 0.822. The Labute approximate surface area is 130 Å². The monoisotopic (exact) mass is 347 g/mol. The first kappa shape index (κ1) is 13.5. The Hall–Kier alpha value is -1.52. The van der Waals surface area contributed by atoms with Crippen LogP contribution >= 0.6 is 27.3 Å². The van der Waals surface area contributed by atoms with Crippen molar-refractivity contribution in [2.75, 3.05) is 12.4 Å². The average molecular weight is 348 g/mol. The molecule has 0 aliphatic heterocycles. The molecule has 0 bridgehead atoms. The van der Waals surface area contributed by atoms with E-state index in [9.17, 15) is 0 Å². The van der Waals surface area contributed by atoms with E-state index in [1.165, 1.54) is 15.6 Å². The van der Waals surface area contributed by atoms with Crippen LogP contribution in [0.25, 0.3) is 10.1 Å². The molecule has 0 amide bonds. The summed E-state index contributed by atoms with van der Waals surface area (Å²) < 4.78 is 7.53. The number of nitrogens with one attached hydrogen (secondary N) is 1. The number of rotatable bonds is 4. The third-order valence-corrected chi connectivity index (χ3v) is 4.83. The maximum Gasteiger partial charge on any atom is 0.133 e. The fourth-order valence-corrected chi connectivity index (χ4v) is 3.65. The van der Waals surface area contributed by atoms with Crippen LogP contribution in [0.5, 0.6) is 5.75 Å². The zero-order valence-electron chi connectivity index (χ0n) is 11.0. The number of fused-ring (bicyclic) bond motifs is 1. The normalized spacial score (nSPS) is 10.7. The highest BCUT2D eigenvalue weighted by Crippen LogP contribution is 2.29. The minimum Gasteiger partial charge on any atom is -0.496 e. The van der Waals surface area contributed by atoms with Crippen molar-refractivity contribution in [1.29, 1.82) is 0 Å². The van der Waals surface area contributed by atoms with E-state index in [4.69, 9.17) is 4.74 Å². The molecule has 0 fully saturated rings. The van der Waals surface area contributed by atoms with E-state index in [1.54, 1.807) is 18.4 Å². The fraction of sp³-hybridized carbons (Fsp3) is 0.125. The molecule has 2 aromatic carbocycles. The second kappa shape index (κ2) is 5.85. The Kier molecular flexibility index (Phi) is 3.94. The van der Waals surface area contributed by atoms with Crippen LogP contribution in [0, 0.1) is 0 Å². The van der Waals surface area contributed by atoms with Crippen molar-refractivity contribution in [3.63, 3.8) is 0 Å². The molecule has 0 unspecified atom stereocenters. The van der Waals surface area contributed by atoms with Gasteiger partial charge in [0, 0.05) is 16.9 Å². The molecular weight excluding hydrogens is 334 g/mol. The largest absolute Gasteiger partial charge is 0.496 e. The predicted molar refractivity (Wildman–Crippen MR) is 89.8 cm³/mol. The molecule has 2 nitrogen and oxygen atoms in total. The van der Waals surface area contributed by atoms with Crippen molar-refractivity contribution >= 4 is 43.0 Å². The number of benzene rings is 2. The highest BCUT2D eigenvalue weighted by atomic mass is 79.9. The molecule has 0 aliphatic rings. The predicted octanol–water partition coefficient (Wildman–Crippen LogP) is 5.28. The van der Waals surface area contributed by atoms with Crippen LogP contribution < -0.4 is 10.1 Å². The maximum atomic E-state index is 5.24. The summed E-state index contributed by atoms with van der Waals surface area (Å²) in [6, 6.07) is 14.5. The zero-order chi connectivity index (χ0) is 13.9. The van der Waals surface area contributed by atoms with Gasteiger partial charge in [0.1, 0.15) is 5.75 Å². The van der Waals surface area contributed by atoms with Crippen LogP contribution in [-0.4, -0.2) is 7.11 Å². The van der Waals surface area contributed by atoms with Crippen molar-refractivity contribution in [3.05, 3.63) is 57.9 Å². The molecule has 3 aromatic rings. The van der Waals surface area contributed by atoms with Crippen LogP contribution in [0.3, 0.4) is 0 Å². The van der Waals surface area contributed by atoms with E-state index in [-0.39, 0.29) is 0 Å². The van der Waals surface area contributed by atoms with Crippen molar-refractivity contribution in [1.82, 2.24) is 0 Å². The Morgan fingerprint density at radius 1 is 1.20 bits per heavy atom. The summed E-state index contributed by atoms with van der Waals surface area (Å²) in [6.07, 6.45) is 0. The van der Waals surface area contributed by atoms with Gasteiger partial charge in [-0.25, -0.2) is 0 Å². The zero-order valence-corrected chi connectivity index (χ0v) is 13.4. The Morgan fingerprint density at radius 2 is 2.05 bits per heavy atom. The first-order valence-corrected chi connectivity index (χ1v) is 7.97. The fourth-order valence-electron chi connectivity index (χ4n) is 2.14. The molecule has 102 valence electrons. The summed E-state index contributed by atoms with van der Waals surface area (Å²) in [6.45, 7) is 0.822. The van der Waals surface area contributed by atoms with E-state index in [2.05, 4.69) is 50.9 Å². The summed E-state index contributed by atoms with van der Waals surface area (Å²) >= 11 is 5.29. The van der Waals surface area contributed by atoms with E-state index in [0.29, 0.717) is 0 Å². The summed E-state index contributed by atoms with van der Waals surface area (Å²) in [5, 5.41) is 7.00. The van der Waals surface area contributed by atoms with Crippen molar-refractivity contribution in [2.24, 2.45) is 0 Å². The van der Waals surface area contributed by atoms with Crippen molar-refractivity contribution in [2.45, 2.75) is 6.54 Å². The molecule has 4 heteroatoms. The van der Waals surface area contributed by atoms with Gasteiger partial charge in [-0.2, -0.15) is 0 Å². The van der Waals surface area contributed by atoms with Gasteiger partial charge in [-0.3, -0.25) is 0 Å². The van der Waals surface area contributed by atoms with Gasteiger partial charge in [-0.15, -0.1) is 11.3 Å². The van der Waals surface area contributed by atoms with E-state index >= 15 is 0 Å². The van der Waals surface area contributed by atoms with Gasteiger partial charge in [0.2, 0.25) is 0 Å². The number of anilines is 1. The van der Waals surface area contributed by atoms with Gasteiger partial charge in [-0.1, -0.05) is 18.2 Å². The lowest BCUT2D eigenvalue weighted by molar-refractivity contribution is 0.412. The number of halogens is 1. The molecule has 1 heterocycles. The Morgan fingerprint density at radius 3 is 2.85 bits per heavy atom.